The molecule has 0 aliphatic carbocycles. The van der Waals surface area contributed by atoms with Gasteiger partial charge in [-0.1, -0.05) is 36.4 Å². The Hall–Kier alpha value is -3.02. The maximum Gasteiger partial charge on any atom is 0.408 e. The van der Waals surface area contributed by atoms with Crippen molar-refractivity contribution in [3.8, 4) is 5.75 Å². The Labute approximate surface area is 145 Å². The molecule has 3 rings (SSSR count). The average Bonchev–Trinajstić information content (AvgIpc) is 2.64. The lowest BCUT2D eigenvalue weighted by molar-refractivity contribution is -0.139. The molecule has 0 aromatic heterocycles. The van der Waals surface area contributed by atoms with E-state index in [0.29, 0.717) is 12.2 Å². The number of alkyl carbamates (subject to hydrolysis) is 1. The van der Waals surface area contributed by atoms with Gasteiger partial charge in [-0.15, -0.1) is 0 Å². The zero-order chi connectivity index (χ0) is 17.6. The van der Waals surface area contributed by atoms with Crippen LogP contribution in [0, 0.1) is 0 Å². The number of nitrogens with one attached hydrogen (secondary N) is 1. The molecule has 2 aromatic carbocycles. The highest BCUT2D eigenvalue weighted by Gasteiger charge is 2.24. The summed E-state index contributed by atoms with van der Waals surface area (Å²) in [6.45, 7) is 0.746. The molecule has 6 nitrogen and oxygen atoms in total. The second kappa shape index (κ2) is 7.70. The zero-order valence-corrected chi connectivity index (χ0v) is 13.6. The number of benzene rings is 2. The molecular formula is C19H19NO5. The second-order valence-electron chi connectivity index (χ2n) is 5.80. The third kappa shape index (κ3) is 4.29. The van der Waals surface area contributed by atoms with Gasteiger partial charge in [0, 0.05) is 0 Å². The van der Waals surface area contributed by atoms with E-state index in [2.05, 4.69) is 5.32 Å². The lowest BCUT2D eigenvalue weighted by Gasteiger charge is -2.20. The van der Waals surface area contributed by atoms with Gasteiger partial charge in [0.25, 0.3) is 0 Å². The molecule has 0 saturated heterocycles. The Bertz CT molecular complexity index is 760. The number of hydrogen-bond donors (Lipinski definition) is 2. The van der Waals surface area contributed by atoms with Crippen molar-refractivity contribution in [2.75, 3.05) is 6.61 Å². The van der Waals surface area contributed by atoms with Crippen molar-refractivity contribution in [2.24, 2.45) is 0 Å². The highest BCUT2D eigenvalue weighted by molar-refractivity contribution is 5.81. The number of fused-ring (bicyclic) bond motifs is 1. The normalized spacial score (nSPS) is 13.9. The zero-order valence-electron chi connectivity index (χ0n) is 13.6. The van der Waals surface area contributed by atoms with E-state index in [4.69, 9.17) is 9.47 Å². The Morgan fingerprint density at radius 2 is 2.00 bits per heavy atom. The van der Waals surface area contributed by atoms with Crippen molar-refractivity contribution in [2.45, 2.75) is 25.5 Å². The van der Waals surface area contributed by atoms with Gasteiger partial charge in [0.2, 0.25) is 0 Å². The van der Waals surface area contributed by atoms with Crippen molar-refractivity contribution >= 4 is 12.1 Å². The van der Waals surface area contributed by atoms with E-state index in [0.717, 1.165) is 29.7 Å². The predicted molar refractivity (Wildman–Crippen MR) is 90.4 cm³/mol. The fourth-order valence-electron chi connectivity index (χ4n) is 2.73. The Morgan fingerprint density at radius 3 is 2.76 bits per heavy atom. The van der Waals surface area contributed by atoms with Gasteiger partial charge < -0.3 is 19.9 Å². The summed E-state index contributed by atoms with van der Waals surface area (Å²) >= 11 is 0. The summed E-state index contributed by atoms with van der Waals surface area (Å²) in [6.07, 6.45) is 0.944. The third-order valence-corrected chi connectivity index (χ3v) is 3.99. The molecule has 1 aliphatic heterocycles. The molecule has 0 saturated carbocycles. The molecule has 6 heteroatoms. The molecular weight excluding hydrogens is 322 g/mol. The van der Waals surface area contributed by atoms with Gasteiger partial charge in [-0.2, -0.15) is 0 Å². The van der Waals surface area contributed by atoms with Crippen LogP contribution in [0.4, 0.5) is 4.79 Å². The number of aryl methyl sites for hydroxylation is 1. The fourth-order valence-corrected chi connectivity index (χ4v) is 2.73. The molecule has 2 N–H and O–H groups in total. The number of carboxylic acids is 1. The summed E-state index contributed by atoms with van der Waals surface area (Å²) < 4.78 is 10.6. The van der Waals surface area contributed by atoms with Crippen LogP contribution in [0.5, 0.6) is 5.75 Å². The van der Waals surface area contributed by atoms with Gasteiger partial charge in [0.1, 0.15) is 12.4 Å². The predicted octanol–water partition coefficient (Wildman–Crippen LogP) is 3.06. The quantitative estimate of drug-likeness (QED) is 0.873. The second-order valence-corrected chi connectivity index (χ2v) is 5.80. The van der Waals surface area contributed by atoms with E-state index >= 15 is 0 Å². The van der Waals surface area contributed by atoms with E-state index in [9.17, 15) is 14.7 Å². The summed E-state index contributed by atoms with van der Waals surface area (Å²) in [5.41, 5.74) is 2.28. The van der Waals surface area contributed by atoms with Crippen molar-refractivity contribution < 1.29 is 24.2 Å². The van der Waals surface area contributed by atoms with Gasteiger partial charge >= 0.3 is 12.1 Å². The number of carbonyl (C=O) groups is 2. The fraction of sp³-hybridized carbons (Fsp3) is 0.263. The number of carboxylic acid groups (broad SMARTS) is 1. The summed E-state index contributed by atoms with van der Waals surface area (Å²) in [5, 5.41) is 11.9. The van der Waals surface area contributed by atoms with Crippen LogP contribution >= 0.6 is 0 Å². The minimum atomic E-state index is -1.17. The van der Waals surface area contributed by atoms with Crippen LogP contribution in [0.1, 0.15) is 29.2 Å². The van der Waals surface area contributed by atoms with E-state index in [1.165, 1.54) is 0 Å². The highest BCUT2D eigenvalue weighted by Crippen LogP contribution is 2.28. The van der Waals surface area contributed by atoms with E-state index in [1.54, 1.807) is 18.2 Å². The molecule has 1 amide bonds. The SMILES string of the molecule is O=C(NC(C(=O)O)c1ccc2c(c1)CCCO2)OCc1ccccc1. The first-order valence-corrected chi connectivity index (χ1v) is 8.09. The van der Waals surface area contributed by atoms with Crippen LogP contribution in [0.2, 0.25) is 0 Å². The van der Waals surface area contributed by atoms with Crippen LogP contribution in [0.3, 0.4) is 0 Å². The Morgan fingerprint density at radius 1 is 1.20 bits per heavy atom. The van der Waals surface area contributed by atoms with Crippen molar-refractivity contribution in [1.82, 2.24) is 5.32 Å². The van der Waals surface area contributed by atoms with E-state index in [-0.39, 0.29) is 6.61 Å². The monoisotopic (exact) mass is 341 g/mol. The first-order valence-electron chi connectivity index (χ1n) is 8.09. The van der Waals surface area contributed by atoms with Crippen molar-refractivity contribution in [1.29, 1.82) is 0 Å². The van der Waals surface area contributed by atoms with Crippen LogP contribution < -0.4 is 10.1 Å². The lowest BCUT2D eigenvalue weighted by atomic mass is 9.99. The Kier molecular flexibility index (Phi) is 5.18. The molecule has 1 atom stereocenters. The minimum absolute atomic E-state index is 0.0804. The molecule has 25 heavy (non-hydrogen) atoms. The van der Waals surface area contributed by atoms with Crippen LogP contribution in [-0.2, 0) is 22.6 Å². The Balaban J connectivity index is 1.67. The van der Waals surface area contributed by atoms with E-state index < -0.39 is 18.1 Å². The molecule has 0 spiro atoms. The molecule has 2 aromatic rings. The average molecular weight is 341 g/mol. The van der Waals surface area contributed by atoms with Gasteiger partial charge in [-0.05, 0) is 41.7 Å². The first-order chi connectivity index (χ1) is 12.1. The van der Waals surface area contributed by atoms with Gasteiger partial charge in [0.05, 0.1) is 6.61 Å². The molecule has 130 valence electrons. The largest absolute Gasteiger partial charge is 0.493 e. The van der Waals surface area contributed by atoms with Crippen LogP contribution in [0.25, 0.3) is 0 Å². The molecule has 1 aliphatic rings. The van der Waals surface area contributed by atoms with Gasteiger partial charge in [-0.3, -0.25) is 0 Å². The number of rotatable bonds is 5. The smallest absolute Gasteiger partial charge is 0.408 e. The highest BCUT2D eigenvalue weighted by atomic mass is 16.5. The third-order valence-electron chi connectivity index (χ3n) is 3.99. The molecule has 0 bridgehead atoms. The summed E-state index contributed by atoms with van der Waals surface area (Å²) in [5.74, 6) is -0.376. The van der Waals surface area contributed by atoms with E-state index in [1.807, 2.05) is 30.3 Å². The number of ether oxygens (including phenoxy) is 2. The molecule has 1 heterocycles. The maximum atomic E-state index is 12.0. The minimum Gasteiger partial charge on any atom is -0.493 e. The summed E-state index contributed by atoms with van der Waals surface area (Å²) in [6, 6.07) is 13.2. The number of carbonyl (C=O) groups excluding carboxylic acids is 1. The van der Waals surface area contributed by atoms with Crippen molar-refractivity contribution in [3.63, 3.8) is 0 Å². The standard InChI is InChI=1S/C19H19NO5/c21-18(22)17(15-8-9-16-14(11-15)7-4-10-24-16)20-19(23)25-12-13-5-2-1-3-6-13/h1-3,5-6,8-9,11,17H,4,7,10,12H2,(H,20,23)(H,21,22). The number of aliphatic carboxylic acids is 1. The van der Waals surface area contributed by atoms with Crippen molar-refractivity contribution in [3.05, 3.63) is 65.2 Å². The van der Waals surface area contributed by atoms with Crippen LogP contribution in [0.15, 0.2) is 48.5 Å². The molecule has 0 radical (unpaired) electrons. The number of amides is 1. The maximum absolute atomic E-state index is 12.0. The first kappa shape index (κ1) is 16.8. The summed E-state index contributed by atoms with van der Waals surface area (Å²) in [7, 11) is 0. The molecule has 1 unspecified atom stereocenters. The van der Waals surface area contributed by atoms with Crippen LogP contribution in [-0.4, -0.2) is 23.8 Å². The molecule has 0 fully saturated rings. The lowest BCUT2D eigenvalue weighted by Crippen LogP contribution is -2.34. The van der Waals surface area contributed by atoms with Gasteiger partial charge in [-0.25, -0.2) is 9.59 Å². The number of hydrogen-bond acceptors (Lipinski definition) is 4. The summed E-state index contributed by atoms with van der Waals surface area (Å²) in [4.78, 5) is 23.5. The van der Waals surface area contributed by atoms with Gasteiger partial charge in [0.15, 0.2) is 6.04 Å². The topological polar surface area (TPSA) is 84.9 Å².